The van der Waals surface area contributed by atoms with Gasteiger partial charge in [0.2, 0.25) is 0 Å². The molecular weight excluding hydrogens is 252 g/mol. The number of anilines is 2. The molecule has 1 heterocycles. The predicted molar refractivity (Wildman–Crippen MR) is 81.6 cm³/mol. The number of ether oxygens (including phenoxy) is 1. The molecule has 20 heavy (non-hydrogen) atoms. The minimum absolute atomic E-state index is 0.401. The molecule has 1 aromatic heterocycles. The van der Waals surface area contributed by atoms with Crippen molar-refractivity contribution in [3.63, 3.8) is 0 Å². The third-order valence-corrected chi connectivity index (χ3v) is 3.67. The Morgan fingerprint density at radius 2 is 2.05 bits per heavy atom. The molecule has 5 nitrogen and oxygen atoms in total. The normalized spacial score (nSPS) is 16.0. The van der Waals surface area contributed by atoms with Crippen molar-refractivity contribution < 1.29 is 4.74 Å². The average Bonchev–Trinajstić information content (AvgIpc) is 2.89. The molecule has 0 spiro atoms. The van der Waals surface area contributed by atoms with Crippen molar-refractivity contribution in [1.29, 1.82) is 0 Å². The lowest BCUT2D eigenvalue weighted by Crippen LogP contribution is -2.37. The fraction of sp³-hybridized carbons (Fsp3) is 0.733. The van der Waals surface area contributed by atoms with Gasteiger partial charge in [-0.1, -0.05) is 26.7 Å². The largest absolute Gasteiger partial charge is 0.384 e. The van der Waals surface area contributed by atoms with Crippen LogP contribution in [-0.4, -0.2) is 29.7 Å². The van der Waals surface area contributed by atoms with Crippen molar-refractivity contribution in [2.75, 3.05) is 24.3 Å². The lowest BCUT2D eigenvalue weighted by Gasteiger charge is -2.32. The van der Waals surface area contributed by atoms with Crippen LogP contribution in [0.25, 0.3) is 0 Å². The van der Waals surface area contributed by atoms with Crippen LogP contribution < -0.4 is 10.6 Å². The fourth-order valence-corrected chi connectivity index (χ4v) is 2.88. The number of hydrogen-bond acceptors (Lipinski definition) is 5. The Labute approximate surface area is 121 Å². The molecule has 1 saturated carbocycles. The molecule has 2 N–H and O–H groups in total. The molecule has 0 unspecified atom stereocenters. The number of rotatable bonds is 6. The van der Waals surface area contributed by atoms with E-state index in [1.54, 1.807) is 7.11 Å². The molecule has 0 amide bonds. The Balaban J connectivity index is 2.26. The second-order valence-electron chi connectivity index (χ2n) is 5.98. The first-order valence-electron chi connectivity index (χ1n) is 7.49. The van der Waals surface area contributed by atoms with E-state index in [1.165, 1.54) is 25.7 Å². The zero-order valence-electron chi connectivity index (χ0n) is 12.8. The molecule has 1 aromatic rings. The number of hydrogen-bond donors (Lipinski definition) is 1. The Morgan fingerprint density at radius 3 is 2.65 bits per heavy atom. The quantitative estimate of drug-likeness (QED) is 0.866. The van der Waals surface area contributed by atoms with Gasteiger partial charge in [0.05, 0.1) is 0 Å². The van der Waals surface area contributed by atoms with Gasteiger partial charge >= 0.3 is 0 Å². The summed E-state index contributed by atoms with van der Waals surface area (Å²) in [6.07, 6.45) is 5.11. The molecule has 0 aromatic carbocycles. The molecule has 0 saturated heterocycles. The maximum absolute atomic E-state index is 5.92. The minimum atomic E-state index is 0.401. The van der Waals surface area contributed by atoms with Gasteiger partial charge in [0.15, 0.2) is 5.82 Å². The molecule has 112 valence electrons. The van der Waals surface area contributed by atoms with Gasteiger partial charge in [-0.2, -0.15) is 0 Å². The van der Waals surface area contributed by atoms with E-state index >= 15 is 0 Å². The standard InChI is InChI=1S/C15H26N4O/c1-11(2)9-19(12-6-4-5-7-12)15-8-13(16)17-14(18-15)10-20-3/h8,11-12H,4-7,9-10H2,1-3H3,(H2,16,17,18). The molecule has 0 aliphatic heterocycles. The molecule has 1 aliphatic rings. The van der Waals surface area contributed by atoms with Crippen molar-refractivity contribution in [1.82, 2.24) is 9.97 Å². The van der Waals surface area contributed by atoms with Crippen molar-refractivity contribution in [3.05, 3.63) is 11.9 Å². The number of methoxy groups -OCH3 is 1. The van der Waals surface area contributed by atoms with E-state index in [0.717, 1.165) is 12.4 Å². The molecule has 1 aliphatic carbocycles. The van der Waals surface area contributed by atoms with E-state index in [2.05, 4.69) is 28.7 Å². The summed E-state index contributed by atoms with van der Waals surface area (Å²) in [7, 11) is 1.65. The van der Waals surface area contributed by atoms with E-state index in [0.29, 0.717) is 30.2 Å². The van der Waals surface area contributed by atoms with Crippen LogP contribution >= 0.6 is 0 Å². The van der Waals surface area contributed by atoms with Crippen LogP contribution in [0, 0.1) is 5.92 Å². The van der Waals surface area contributed by atoms with Crippen LogP contribution in [0.4, 0.5) is 11.6 Å². The highest BCUT2D eigenvalue weighted by molar-refractivity contribution is 5.48. The van der Waals surface area contributed by atoms with Crippen LogP contribution in [0.2, 0.25) is 0 Å². The highest BCUT2D eigenvalue weighted by atomic mass is 16.5. The van der Waals surface area contributed by atoms with Gasteiger partial charge in [0, 0.05) is 25.8 Å². The van der Waals surface area contributed by atoms with Crippen LogP contribution in [0.1, 0.15) is 45.4 Å². The topological polar surface area (TPSA) is 64.3 Å². The van der Waals surface area contributed by atoms with Gasteiger partial charge in [0.25, 0.3) is 0 Å². The van der Waals surface area contributed by atoms with Crippen molar-refractivity contribution >= 4 is 11.6 Å². The Kier molecular flexibility index (Phi) is 5.17. The summed E-state index contributed by atoms with van der Waals surface area (Å²) in [4.78, 5) is 11.3. The SMILES string of the molecule is COCc1nc(N)cc(N(CC(C)C)C2CCCC2)n1. The molecular formula is C15H26N4O. The smallest absolute Gasteiger partial charge is 0.158 e. The number of nitrogens with two attached hydrogens (primary N) is 1. The zero-order chi connectivity index (χ0) is 14.5. The monoisotopic (exact) mass is 278 g/mol. The molecule has 0 bridgehead atoms. The predicted octanol–water partition coefficient (Wildman–Crippen LogP) is 2.61. The van der Waals surface area contributed by atoms with Gasteiger partial charge in [-0.3, -0.25) is 0 Å². The fourth-order valence-electron chi connectivity index (χ4n) is 2.88. The van der Waals surface area contributed by atoms with Gasteiger partial charge < -0.3 is 15.4 Å². The Morgan fingerprint density at radius 1 is 1.35 bits per heavy atom. The summed E-state index contributed by atoms with van der Waals surface area (Å²) in [6, 6.07) is 2.47. The molecule has 0 atom stereocenters. The first kappa shape index (κ1) is 15.0. The maximum atomic E-state index is 5.92. The molecule has 2 rings (SSSR count). The van der Waals surface area contributed by atoms with Crippen molar-refractivity contribution in [2.24, 2.45) is 5.92 Å². The summed E-state index contributed by atoms with van der Waals surface area (Å²) >= 11 is 0. The van der Waals surface area contributed by atoms with Crippen LogP contribution in [-0.2, 0) is 11.3 Å². The molecule has 0 radical (unpaired) electrons. The highest BCUT2D eigenvalue weighted by Gasteiger charge is 2.25. The van der Waals surface area contributed by atoms with E-state index in [4.69, 9.17) is 10.5 Å². The van der Waals surface area contributed by atoms with Crippen LogP contribution in [0.3, 0.4) is 0 Å². The summed E-state index contributed by atoms with van der Waals surface area (Å²) in [6.45, 7) is 5.89. The van der Waals surface area contributed by atoms with Gasteiger partial charge in [-0.15, -0.1) is 0 Å². The average molecular weight is 278 g/mol. The second kappa shape index (κ2) is 6.88. The van der Waals surface area contributed by atoms with Gasteiger partial charge in [-0.25, -0.2) is 9.97 Å². The van der Waals surface area contributed by atoms with Crippen molar-refractivity contribution in [3.8, 4) is 0 Å². The van der Waals surface area contributed by atoms with E-state index < -0.39 is 0 Å². The van der Waals surface area contributed by atoms with E-state index in [-0.39, 0.29) is 0 Å². The molecule has 1 fully saturated rings. The van der Waals surface area contributed by atoms with Gasteiger partial charge in [0.1, 0.15) is 18.2 Å². The Hall–Kier alpha value is -1.36. The zero-order valence-corrected chi connectivity index (χ0v) is 12.8. The summed E-state index contributed by atoms with van der Waals surface area (Å²) in [5, 5.41) is 0. The van der Waals surface area contributed by atoms with Crippen molar-refractivity contribution in [2.45, 2.75) is 52.2 Å². The lowest BCUT2D eigenvalue weighted by molar-refractivity contribution is 0.178. The van der Waals surface area contributed by atoms with Crippen LogP contribution in [0.15, 0.2) is 6.07 Å². The first-order valence-corrected chi connectivity index (χ1v) is 7.49. The van der Waals surface area contributed by atoms with E-state index in [9.17, 15) is 0 Å². The van der Waals surface area contributed by atoms with Gasteiger partial charge in [-0.05, 0) is 18.8 Å². The number of nitrogens with zero attached hydrogens (tertiary/aromatic N) is 3. The lowest BCUT2D eigenvalue weighted by atomic mass is 10.1. The summed E-state index contributed by atoms with van der Waals surface area (Å²) < 4.78 is 5.13. The number of aromatic nitrogens is 2. The minimum Gasteiger partial charge on any atom is -0.384 e. The highest BCUT2D eigenvalue weighted by Crippen LogP contribution is 2.28. The van der Waals surface area contributed by atoms with Crippen LogP contribution in [0.5, 0.6) is 0 Å². The molecule has 5 heteroatoms. The number of nitrogen functional groups attached to an aromatic ring is 1. The third-order valence-electron chi connectivity index (χ3n) is 3.67. The summed E-state index contributed by atoms with van der Waals surface area (Å²) in [5.41, 5.74) is 5.92. The Bertz CT molecular complexity index is 430. The summed E-state index contributed by atoms with van der Waals surface area (Å²) in [5.74, 6) is 2.73. The van der Waals surface area contributed by atoms with E-state index in [1.807, 2.05) is 6.07 Å². The second-order valence-corrected chi connectivity index (χ2v) is 5.98. The third kappa shape index (κ3) is 3.82. The maximum Gasteiger partial charge on any atom is 0.158 e. The first-order chi connectivity index (χ1) is 9.60.